The van der Waals surface area contributed by atoms with Crippen LogP contribution in [-0.2, 0) is 13.6 Å². The van der Waals surface area contributed by atoms with Crippen molar-refractivity contribution in [3.05, 3.63) is 35.1 Å². The normalized spacial score (nSPS) is 10.8. The molecule has 1 heterocycles. The van der Waals surface area contributed by atoms with Gasteiger partial charge in [0.1, 0.15) is 6.33 Å². The van der Waals surface area contributed by atoms with E-state index in [1.165, 1.54) is 18.1 Å². The van der Waals surface area contributed by atoms with Gasteiger partial charge in [0.25, 0.3) is 0 Å². The van der Waals surface area contributed by atoms with E-state index < -0.39 is 0 Å². The van der Waals surface area contributed by atoms with E-state index in [1.54, 1.807) is 4.68 Å². The van der Waals surface area contributed by atoms with Crippen LogP contribution in [0.3, 0.4) is 0 Å². The number of nitrogens with zero attached hydrogens (tertiary/aromatic N) is 3. The Bertz CT molecular complexity index is 512. The van der Waals surface area contributed by atoms with Crippen molar-refractivity contribution in [2.75, 3.05) is 7.05 Å². The van der Waals surface area contributed by atoms with E-state index in [0.717, 1.165) is 27.2 Å². The van der Waals surface area contributed by atoms with Crippen LogP contribution >= 0.6 is 23.4 Å². The summed E-state index contributed by atoms with van der Waals surface area (Å²) in [7, 11) is 3.78. The lowest BCUT2D eigenvalue weighted by Crippen LogP contribution is -2.06. The molecule has 0 amide bonds. The fraction of sp³-hybridized carbons (Fsp3) is 0.273. The molecule has 90 valence electrons. The molecule has 4 nitrogen and oxygen atoms in total. The van der Waals surface area contributed by atoms with Crippen LogP contribution in [0.1, 0.15) is 5.56 Å². The molecule has 0 aliphatic carbocycles. The molecule has 2 rings (SSSR count). The van der Waals surface area contributed by atoms with Gasteiger partial charge in [-0.05, 0) is 30.4 Å². The van der Waals surface area contributed by atoms with Crippen LogP contribution in [0.2, 0.25) is 5.02 Å². The summed E-state index contributed by atoms with van der Waals surface area (Å²) in [6, 6.07) is 5.90. The molecule has 1 N–H and O–H groups in total. The van der Waals surface area contributed by atoms with E-state index in [0.29, 0.717) is 0 Å². The summed E-state index contributed by atoms with van der Waals surface area (Å²) in [6.07, 6.45) is 1.54. The molecular weight excluding hydrogens is 256 g/mol. The van der Waals surface area contributed by atoms with E-state index in [-0.39, 0.29) is 0 Å². The molecular formula is C11H13ClN4S. The Morgan fingerprint density at radius 2 is 2.29 bits per heavy atom. The van der Waals surface area contributed by atoms with Gasteiger partial charge < -0.3 is 5.32 Å². The summed E-state index contributed by atoms with van der Waals surface area (Å²) in [4.78, 5) is 5.22. The SMILES string of the molecule is CNCc1cccc(Cl)c1Sc1ncnn1C. The zero-order valence-corrected chi connectivity index (χ0v) is 11.2. The number of nitrogens with one attached hydrogen (secondary N) is 1. The number of rotatable bonds is 4. The Labute approximate surface area is 109 Å². The highest BCUT2D eigenvalue weighted by Gasteiger charge is 2.11. The topological polar surface area (TPSA) is 42.7 Å². The minimum atomic E-state index is 0.741. The van der Waals surface area contributed by atoms with Crippen molar-refractivity contribution in [3.63, 3.8) is 0 Å². The van der Waals surface area contributed by atoms with Crippen molar-refractivity contribution < 1.29 is 0 Å². The van der Waals surface area contributed by atoms with Gasteiger partial charge >= 0.3 is 0 Å². The van der Waals surface area contributed by atoms with Crippen molar-refractivity contribution in [2.24, 2.45) is 7.05 Å². The third-order valence-corrected chi connectivity index (χ3v) is 3.94. The maximum Gasteiger partial charge on any atom is 0.190 e. The number of hydrogen-bond donors (Lipinski definition) is 1. The molecule has 6 heteroatoms. The van der Waals surface area contributed by atoms with E-state index in [1.807, 2.05) is 26.2 Å². The lowest BCUT2D eigenvalue weighted by atomic mass is 10.2. The lowest BCUT2D eigenvalue weighted by molar-refractivity contribution is 0.684. The summed E-state index contributed by atoms with van der Waals surface area (Å²) in [6.45, 7) is 0.779. The van der Waals surface area contributed by atoms with E-state index in [2.05, 4.69) is 21.5 Å². The molecule has 17 heavy (non-hydrogen) atoms. The first-order chi connectivity index (χ1) is 8.22. The fourth-order valence-corrected chi connectivity index (χ4v) is 2.68. The smallest absolute Gasteiger partial charge is 0.190 e. The first kappa shape index (κ1) is 12.4. The van der Waals surface area contributed by atoms with Crippen LogP contribution in [0.4, 0.5) is 0 Å². The summed E-state index contributed by atoms with van der Waals surface area (Å²) >= 11 is 7.76. The third kappa shape index (κ3) is 2.80. The quantitative estimate of drug-likeness (QED) is 0.924. The van der Waals surface area contributed by atoms with Gasteiger partial charge in [-0.3, -0.25) is 0 Å². The minimum Gasteiger partial charge on any atom is -0.316 e. The standard InChI is InChI=1S/C11H13ClN4S/c1-13-6-8-4-3-5-9(12)10(8)17-11-14-7-15-16(11)2/h3-5,7,13H,6H2,1-2H3. The van der Waals surface area contributed by atoms with Gasteiger partial charge in [0.2, 0.25) is 0 Å². The van der Waals surface area contributed by atoms with Crippen LogP contribution in [-0.4, -0.2) is 21.8 Å². The third-order valence-electron chi connectivity index (χ3n) is 2.28. The largest absolute Gasteiger partial charge is 0.316 e. The van der Waals surface area contributed by atoms with Crippen LogP contribution in [0.15, 0.2) is 34.6 Å². The molecule has 0 radical (unpaired) electrons. The maximum atomic E-state index is 6.23. The fourth-order valence-electron chi connectivity index (χ4n) is 1.47. The zero-order valence-electron chi connectivity index (χ0n) is 9.64. The predicted octanol–water partition coefficient (Wildman–Crippen LogP) is 2.34. The van der Waals surface area contributed by atoms with Crippen molar-refractivity contribution in [1.82, 2.24) is 20.1 Å². The van der Waals surface area contributed by atoms with Gasteiger partial charge in [-0.15, -0.1) is 0 Å². The van der Waals surface area contributed by atoms with Crippen molar-refractivity contribution in [3.8, 4) is 0 Å². The van der Waals surface area contributed by atoms with Gasteiger partial charge in [-0.2, -0.15) is 5.10 Å². The number of aromatic nitrogens is 3. The number of halogens is 1. The second-order valence-corrected chi connectivity index (χ2v) is 4.91. The van der Waals surface area contributed by atoms with Crippen LogP contribution < -0.4 is 5.32 Å². The second-order valence-electron chi connectivity index (χ2n) is 3.53. The molecule has 1 aromatic carbocycles. The summed E-state index contributed by atoms with van der Waals surface area (Å²) in [5, 5.41) is 8.75. The lowest BCUT2D eigenvalue weighted by Gasteiger charge is -2.09. The van der Waals surface area contributed by atoms with Crippen molar-refractivity contribution in [2.45, 2.75) is 16.6 Å². The van der Waals surface area contributed by atoms with Gasteiger partial charge in [-0.1, -0.05) is 23.7 Å². The minimum absolute atomic E-state index is 0.741. The van der Waals surface area contributed by atoms with Gasteiger partial charge in [0.15, 0.2) is 5.16 Å². The second kappa shape index (κ2) is 5.53. The van der Waals surface area contributed by atoms with Crippen LogP contribution in [0.25, 0.3) is 0 Å². The first-order valence-corrected chi connectivity index (χ1v) is 6.35. The molecule has 0 fully saturated rings. The number of benzene rings is 1. The predicted molar refractivity (Wildman–Crippen MR) is 69.3 cm³/mol. The molecule has 0 spiro atoms. The van der Waals surface area contributed by atoms with E-state index >= 15 is 0 Å². The zero-order chi connectivity index (χ0) is 12.3. The maximum absolute atomic E-state index is 6.23. The van der Waals surface area contributed by atoms with Crippen molar-refractivity contribution in [1.29, 1.82) is 0 Å². The summed E-state index contributed by atoms with van der Waals surface area (Å²) in [5.74, 6) is 0. The highest BCUT2D eigenvalue weighted by molar-refractivity contribution is 7.99. The Hall–Kier alpha value is -1.04. The Morgan fingerprint density at radius 3 is 2.94 bits per heavy atom. The first-order valence-electron chi connectivity index (χ1n) is 5.16. The molecule has 0 unspecified atom stereocenters. The highest BCUT2D eigenvalue weighted by Crippen LogP contribution is 2.34. The van der Waals surface area contributed by atoms with Gasteiger partial charge in [0, 0.05) is 18.5 Å². The average molecular weight is 269 g/mol. The van der Waals surface area contributed by atoms with Crippen molar-refractivity contribution >= 4 is 23.4 Å². The molecule has 1 aromatic heterocycles. The monoisotopic (exact) mass is 268 g/mol. The summed E-state index contributed by atoms with van der Waals surface area (Å²) < 4.78 is 1.73. The van der Waals surface area contributed by atoms with E-state index in [9.17, 15) is 0 Å². The van der Waals surface area contributed by atoms with E-state index in [4.69, 9.17) is 11.6 Å². The molecule has 0 bridgehead atoms. The molecule has 0 aliphatic heterocycles. The molecule has 0 aliphatic rings. The Morgan fingerprint density at radius 1 is 1.47 bits per heavy atom. The molecule has 0 saturated heterocycles. The molecule has 2 aromatic rings. The Balaban J connectivity index is 2.34. The Kier molecular flexibility index (Phi) is 4.04. The number of aryl methyl sites for hydroxylation is 1. The molecule has 0 atom stereocenters. The highest BCUT2D eigenvalue weighted by atomic mass is 35.5. The van der Waals surface area contributed by atoms with Crippen LogP contribution in [0.5, 0.6) is 0 Å². The summed E-state index contributed by atoms with van der Waals surface area (Å²) in [5.41, 5.74) is 1.16. The number of hydrogen-bond acceptors (Lipinski definition) is 4. The average Bonchev–Trinajstić information content (AvgIpc) is 2.70. The van der Waals surface area contributed by atoms with Crippen LogP contribution in [0, 0.1) is 0 Å². The molecule has 0 saturated carbocycles. The van der Waals surface area contributed by atoms with Gasteiger partial charge in [-0.25, -0.2) is 9.67 Å². The van der Waals surface area contributed by atoms with Gasteiger partial charge in [0.05, 0.1) is 5.02 Å².